The van der Waals surface area contributed by atoms with Gasteiger partial charge in [-0.05, 0) is 43.2 Å². The van der Waals surface area contributed by atoms with Crippen molar-refractivity contribution in [3.05, 3.63) is 54.1 Å². The van der Waals surface area contributed by atoms with Gasteiger partial charge in [0.05, 0.1) is 26.2 Å². The van der Waals surface area contributed by atoms with Crippen LogP contribution in [0.4, 0.5) is 5.69 Å². The molecule has 0 heterocycles. The number of carbonyl (C=O) groups is 2. The smallest absolute Gasteiger partial charge is 0.244 e. The monoisotopic (exact) mass is 491 g/mol. The van der Waals surface area contributed by atoms with Gasteiger partial charge in [0.25, 0.3) is 0 Å². The van der Waals surface area contributed by atoms with Crippen LogP contribution in [0.15, 0.2) is 48.5 Å². The second-order valence-corrected chi connectivity index (χ2v) is 9.72. The van der Waals surface area contributed by atoms with Gasteiger partial charge in [-0.3, -0.25) is 13.9 Å². The molecular weight excluding hydrogens is 458 g/mol. The summed E-state index contributed by atoms with van der Waals surface area (Å²) in [5, 5.41) is 2.80. The van der Waals surface area contributed by atoms with Crippen LogP contribution in [-0.2, 0) is 26.2 Å². The van der Waals surface area contributed by atoms with Gasteiger partial charge in [-0.15, -0.1) is 0 Å². The van der Waals surface area contributed by atoms with Gasteiger partial charge in [0, 0.05) is 19.2 Å². The van der Waals surface area contributed by atoms with Crippen molar-refractivity contribution in [2.75, 3.05) is 37.9 Å². The van der Waals surface area contributed by atoms with Crippen LogP contribution in [0.5, 0.6) is 11.5 Å². The molecule has 0 bridgehead atoms. The fourth-order valence-corrected chi connectivity index (χ4v) is 4.17. The molecule has 0 aliphatic rings. The molecule has 34 heavy (non-hydrogen) atoms. The summed E-state index contributed by atoms with van der Waals surface area (Å²) in [6, 6.07) is 12.8. The SMILES string of the molecule is CCCNC(=O)C(C)N(Cc1cccc(OC)c1)C(=O)CN(c1cccc(OC)c1)S(C)(=O)=O. The zero-order valence-corrected chi connectivity index (χ0v) is 21.1. The third kappa shape index (κ3) is 7.38. The third-order valence-corrected chi connectivity index (χ3v) is 6.36. The summed E-state index contributed by atoms with van der Waals surface area (Å²) in [7, 11) is -0.789. The number of sulfonamides is 1. The lowest BCUT2D eigenvalue weighted by Crippen LogP contribution is -2.51. The zero-order valence-electron chi connectivity index (χ0n) is 20.3. The first-order valence-electron chi connectivity index (χ1n) is 10.9. The Kier molecular flexibility index (Phi) is 9.73. The minimum Gasteiger partial charge on any atom is -0.497 e. The van der Waals surface area contributed by atoms with Gasteiger partial charge in [-0.2, -0.15) is 0 Å². The van der Waals surface area contributed by atoms with Crippen molar-refractivity contribution in [1.29, 1.82) is 0 Å². The summed E-state index contributed by atoms with van der Waals surface area (Å²) < 4.78 is 36.7. The molecule has 2 rings (SSSR count). The predicted molar refractivity (Wildman–Crippen MR) is 131 cm³/mol. The van der Waals surface area contributed by atoms with Gasteiger partial charge in [-0.1, -0.05) is 25.1 Å². The average molecular weight is 492 g/mol. The van der Waals surface area contributed by atoms with Crippen LogP contribution in [0, 0.1) is 0 Å². The number of ether oxygens (including phenoxy) is 2. The maximum absolute atomic E-state index is 13.5. The van der Waals surface area contributed by atoms with E-state index in [1.807, 2.05) is 13.0 Å². The molecule has 1 unspecified atom stereocenters. The number of carbonyl (C=O) groups excluding carboxylic acids is 2. The van der Waals surface area contributed by atoms with E-state index in [2.05, 4.69) is 5.32 Å². The van der Waals surface area contributed by atoms with Gasteiger partial charge in [0.2, 0.25) is 21.8 Å². The fourth-order valence-electron chi connectivity index (χ4n) is 3.33. The number of hydrogen-bond acceptors (Lipinski definition) is 6. The lowest BCUT2D eigenvalue weighted by Gasteiger charge is -2.31. The normalized spacial score (nSPS) is 11.9. The Morgan fingerprint density at radius 2 is 1.65 bits per heavy atom. The van der Waals surface area contributed by atoms with E-state index in [9.17, 15) is 18.0 Å². The van der Waals surface area contributed by atoms with Crippen molar-refractivity contribution in [1.82, 2.24) is 10.2 Å². The lowest BCUT2D eigenvalue weighted by molar-refractivity contribution is -0.139. The van der Waals surface area contributed by atoms with Crippen LogP contribution in [0.2, 0.25) is 0 Å². The van der Waals surface area contributed by atoms with Gasteiger partial charge in [0.15, 0.2) is 0 Å². The highest BCUT2D eigenvalue weighted by atomic mass is 32.2. The van der Waals surface area contributed by atoms with Crippen LogP contribution >= 0.6 is 0 Å². The molecule has 9 nitrogen and oxygen atoms in total. The van der Waals surface area contributed by atoms with Gasteiger partial charge < -0.3 is 19.7 Å². The standard InChI is InChI=1S/C24H33N3O6S/c1-6-13-25-24(29)18(2)26(16-19-9-7-11-21(14-19)32-3)23(28)17-27(34(5,30)31)20-10-8-12-22(15-20)33-4/h7-12,14-15,18H,6,13,16-17H2,1-5H3,(H,25,29). The van der Waals surface area contributed by atoms with Gasteiger partial charge in [-0.25, -0.2) is 8.42 Å². The molecule has 0 radical (unpaired) electrons. The highest BCUT2D eigenvalue weighted by molar-refractivity contribution is 7.92. The van der Waals surface area contributed by atoms with E-state index < -0.39 is 28.5 Å². The van der Waals surface area contributed by atoms with Crippen molar-refractivity contribution in [2.45, 2.75) is 32.9 Å². The van der Waals surface area contributed by atoms with Gasteiger partial charge >= 0.3 is 0 Å². The maximum Gasteiger partial charge on any atom is 0.244 e. The Morgan fingerprint density at radius 3 is 2.24 bits per heavy atom. The number of hydrogen-bond donors (Lipinski definition) is 1. The molecule has 1 atom stereocenters. The quantitative estimate of drug-likeness (QED) is 0.489. The molecule has 0 aromatic heterocycles. The van der Waals surface area contributed by atoms with Crippen LogP contribution in [0.1, 0.15) is 25.8 Å². The van der Waals surface area contributed by atoms with Crippen molar-refractivity contribution in [3.63, 3.8) is 0 Å². The Bertz CT molecular complexity index is 1090. The van der Waals surface area contributed by atoms with Crippen LogP contribution < -0.4 is 19.1 Å². The fraction of sp³-hybridized carbons (Fsp3) is 0.417. The predicted octanol–water partition coefficient (Wildman–Crippen LogP) is 2.41. The van der Waals surface area contributed by atoms with E-state index in [1.165, 1.54) is 18.1 Å². The second-order valence-electron chi connectivity index (χ2n) is 7.81. The zero-order chi connectivity index (χ0) is 25.3. The maximum atomic E-state index is 13.5. The topological polar surface area (TPSA) is 105 Å². The highest BCUT2D eigenvalue weighted by Gasteiger charge is 2.30. The highest BCUT2D eigenvalue weighted by Crippen LogP contribution is 2.24. The van der Waals surface area contributed by atoms with E-state index in [-0.39, 0.29) is 12.5 Å². The largest absolute Gasteiger partial charge is 0.497 e. The van der Waals surface area contributed by atoms with Crippen molar-refractivity contribution >= 4 is 27.5 Å². The molecule has 0 aliphatic carbocycles. The number of nitrogens with zero attached hydrogens (tertiary/aromatic N) is 2. The summed E-state index contributed by atoms with van der Waals surface area (Å²) >= 11 is 0. The summed E-state index contributed by atoms with van der Waals surface area (Å²) in [6.07, 6.45) is 1.78. The molecule has 2 aromatic carbocycles. The molecule has 0 spiro atoms. The van der Waals surface area contributed by atoms with E-state index in [1.54, 1.807) is 50.4 Å². The molecule has 1 N–H and O–H groups in total. The number of methoxy groups -OCH3 is 2. The van der Waals surface area contributed by atoms with Crippen LogP contribution in [0.25, 0.3) is 0 Å². The summed E-state index contributed by atoms with van der Waals surface area (Å²) in [4.78, 5) is 27.6. The summed E-state index contributed by atoms with van der Waals surface area (Å²) in [5.74, 6) is 0.238. The number of anilines is 1. The molecule has 186 valence electrons. The Labute approximate surface area is 201 Å². The van der Waals surface area contributed by atoms with E-state index in [4.69, 9.17) is 9.47 Å². The first-order chi connectivity index (χ1) is 16.1. The Balaban J connectivity index is 2.39. The number of rotatable bonds is 12. The molecule has 2 amide bonds. The average Bonchev–Trinajstić information content (AvgIpc) is 2.83. The molecule has 0 fully saturated rings. The Morgan fingerprint density at radius 1 is 1.03 bits per heavy atom. The van der Waals surface area contributed by atoms with E-state index >= 15 is 0 Å². The molecule has 2 aromatic rings. The van der Waals surface area contributed by atoms with Crippen molar-refractivity contribution < 1.29 is 27.5 Å². The first-order valence-corrected chi connectivity index (χ1v) is 12.8. The van der Waals surface area contributed by atoms with E-state index in [0.29, 0.717) is 23.7 Å². The van der Waals surface area contributed by atoms with E-state index in [0.717, 1.165) is 22.5 Å². The van der Waals surface area contributed by atoms with Crippen LogP contribution in [-0.4, -0.2) is 64.7 Å². The summed E-state index contributed by atoms with van der Waals surface area (Å²) in [5.41, 5.74) is 1.04. The first kappa shape index (κ1) is 27.0. The molecular formula is C24H33N3O6S. The second kappa shape index (κ2) is 12.3. The number of nitrogens with one attached hydrogen (secondary N) is 1. The van der Waals surface area contributed by atoms with Crippen molar-refractivity contribution in [3.8, 4) is 11.5 Å². The van der Waals surface area contributed by atoms with Crippen LogP contribution in [0.3, 0.4) is 0 Å². The molecule has 10 heteroatoms. The number of benzene rings is 2. The molecule has 0 saturated carbocycles. The van der Waals surface area contributed by atoms with Gasteiger partial charge in [0.1, 0.15) is 24.1 Å². The minimum absolute atomic E-state index is 0.104. The molecule has 0 saturated heterocycles. The summed E-state index contributed by atoms with van der Waals surface area (Å²) in [6.45, 7) is 3.67. The number of amides is 2. The lowest BCUT2D eigenvalue weighted by atomic mass is 10.1. The molecule has 0 aliphatic heterocycles. The Hall–Kier alpha value is -3.27. The minimum atomic E-state index is -3.81. The third-order valence-electron chi connectivity index (χ3n) is 5.22. The van der Waals surface area contributed by atoms with Crippen molar-refractivity contribution in [2.24, 2.45) is 0 Å².